The van der Waals surface area contributed by atoms with Gasteiger partial charge in [-0.1, -0.05) is 30.7 Å². The first-order valence-electron chi connectivity index (χ1n) is 6.98. The third kappa shape index (κ3) is 3.88. The van der Waals surface area contributed by atoms with E-state index in [9.17, 15) is 0 Å². The van der Waals surface area contributed by atoms with Crippen molar-refractivity contribution in [2.75, 3.05) is 18.8 Å². The molecule has 1 heterocycles. The number of hydrogen-bond acceptors (Lipinski definition) is 3. The molecule has 0 aromatic heterocycles. The minimum absolute atomic E-state index is 0.110. The number of thioether (sulfide) groups is 1. The van der Waals surface area contributed by atoms with Crippen LogP contribution in [0.1, 0.15) is 31.9 Å². The Labute approximate surface area is 125 Å². The summed E-state index contributed by atoms with van der Waals surface area (Å²) in [6.45, 7) is 6.59. The van der Waals surface area contributed by atoms with E-state index in [2.05, 4.69) is 42.6 Å². The molecule has 1 aliphatic heterocycles. The van der Waals surface area contributed by atoms with Gasteiger partial charge in [0, 0.05) is 41.2 Å². The molecule has 0 spiro atoms. The molecule has 19 heavy (non-hydrogen) atoms. The Balaban J connectivity index is 2.20. The van der Waals surface area contributed by atoms with Crippen molar-refractivity contribution in [1.82, 2.24) is 4.90 Å². The van der Waals surface area contributed by atoms with Crippen LogP contribution in [0.15, 0.2) is 24.3 Å². The van der Waals surface area contributed by atoms with Gasteiger partial charge in [0.15, 0.2) is 0 Å². The zero-order valence-electron chi connectivity index (χ0n) is 11.7. The summed E-state index contributed by atoms with van der Waals surface area (Å²) in [5.74, 6) is 1.20. The molecule has 0 radical (unpaired) electrons. The van der Waals surface area contributed by atoms with Crippen molar-refractivity contribution in [2.24, 2.45) is 5.73 Å². The second kappa shape index (κ2) is 6.98. The molecule has 1 saturated heterocycles. The number of rotatable bonds is 4. The molecule has 2 rings (SSSR count). The lowest BCUT2D eigenvalue weighted by atomic mass is 9.98. The van der Waals surface area contributed by atoms with Gasteiger partial charge in [-0.3, -0.25) is 4.90 Å². The van der Waals surface area contributed by atoms with E-state index in [0.717, 1.165) is 23.4 Å². The van der Waals surface area contributed by atoms with E-state index in [1.165, 1.54) is 17.7 Å². The minimum atomic E-state index is 0.110. The molecule has 0 amide bonds. The Morgan fingerprint density at radius 2 is 2.32 bits per heavy atom. The molecule has 3 unspecified atom stereocenters. The highest BCUT2D eigenvalue weighted by Crippen LogP contribution is 2.31. The van der Waals surface area contributed by atoms with Gasteiger partial charge >= 0.3 is 0 Å². The van der Waals surface area contributed by atoms with Gasteiger partial charge in [0.05, 0.1) is 0 Å². The highest BCUT2D eigenvalue weighted by atomic mass is 35.5. The first-order chi connectivity index (χ1) is 9.11. The summed E-state index contributed by atoms with van der Waals surface area (Å²) in [4.78, 5) is 2.53. The number of nitrogens with two attached hydrogens (primary N) is 1. The lowest BCUT2D eigenvalue weighted by Gasteiger charge is -2.40. The van der Waals surface area contributed by atoms with E-state index in [1.807, 2.05) is 12.1 Å². The smallest absolute Gasteiger partial charge is 0.0497 e. The minimum Gasteiger partial charge on any atom is -0.326 e. The Morgan fingerprint density at radius 3 is 2.95 bits per heavy atom. The quantitative estimate of drug-likeness (QED) is 0.921. The van der Waals surface area contributed by atoms with E-state index in [1.54, 1.807) is 0 Å². The van der Waals surface area contributed by atoms with Gasteiger partial charge in [-0.25, -0.2) is 0 Å². The van der Waals surface area contributed by atoms with E-state index < -0.39 is 0 Å². The maximum atomic E-state index is 6.24. The van der Waals surface area contributed by atoms with Crippen molar-refractivity contribution in [1.29, 1.82) is 0 Å². The molecule has 2 nitrogen and oxygen atoms in total. The number of halogens is 1. The average molecular weight is 299 g/mol. The van der Waals surface area contributed by atoms with Gasteiger partial charge < -0.3 is 5.73 Å². The molecule has 106 valence electrons. The van der Waals surface area contributed by atoms with Crippen LogP contribution in [0, 0.1) is 0 Å². The van der Waals surface area contributed by atoms with Crippen molar-refractivity contribution in [3.8, 4) is 0 Å². The van der Waals surface area contributed by atoms with Crippen molar-refractivity contribution in [2.45, 2.75) is 37.6 Å². The predicted octanol–water partition coefficient (Wildman–Crippen LogP) is 3.56. The molecule has 1 fully saturated rings. The molecule has 0 bridgehead atoms. The molecule has 1 aromatic rings. The third-order valence-corrected chi connectivity index (χ3v) is 5.31. The van der Waals surface area contributed by atoms with Crippen LogP contribution in [0.3, 0.4) is 0 Å². The van der Waals surface area contributed by atoms with Crippen LogP contribution in [0.4, 0.5) is 0 Å². The fraction of sp³-hybridized carbons (Fsp3) is 0.600. The summed E-state index contributed by atoms with van der Waals surface area (Å²) in [6.07, 6.45) is 1.22. The third-order valence-electron chi connectivity index (χ3n) is 3.71. The van der Waals surface area contributed by atoms with Gasteiger partial charge in [-0.05, 0) is 31.0 Å². The topological polar surface area (TPSA) is 29.3 Å². The molecule has 0 aliphatic carbocycles. The highest BCUT2D eigenvalue weighted by molar-refractivity contribution is 8.00. The molecule has 3 atom stereocenters. The average Bonchev–Trinajstić information content (AvgIpc) is 2.39. The highest BCUT2D eigenvalue weighted by Gasteiger charge is 2.28. The summed E-state index contributed by atoms with van der Waals surface area (Å²) >= 11 is 8.21. The Bertz CT molecular complexity index is 411. The monoisotopic (exact) mass is 298 g/mol. The van der Waals surface area contributed by atoms with Crippen molar-refractivity contribution < 1.29 is 0 Å². The standard InChI is InChI=1S/C15H23ClN2S/c1-3-14-10-18(7-8-19-14)15(11(2)17)12-5-4-6-13(16)9-12/h4-6,9,11,14-15H,3,7-8,10,17H2,1-2H3. The maximum absolute atomic E-state index is 6.24. The fourth-order valence-electron chi connectivity index (χ4n) is 2.78. The normalized spacial score (nSPS) is 24.1. The zero-order chi connectivity index (χ0) is 13.8. The van der Waals surface area contributed by atoms with Crippen molar-refractivity contribution in [3.05, 3.63) is 34.9 Å². The molecule has 2 N–H and O–H groups in total. The second-order valence-corrected chi connectivity index (χ2v) is 7.10. The van der Waals surface area contributed by atoms with Gasteiger partial charge in [-0.2, -0.15) is 11.8 Å². The van der Waals surface area contributed by atoms with E-state index in [4.69, 9.17) is 17.3 Å². The van der Waals surface area contributed by atoms with Crippen molar-refractivity contribution in [3.63, 3.8) is 0 Å². The Hall–Kier alpha value is -0.220. The first kappa shape index (κ1) is 15.2. The molecule has 1 aromatic carbocycles. The number of benzene rings is 1. The van der Waals surface area contributed by atoms with Crippen molar-refractivity contribution >= 4 is 23.4 Å². The molecule has 4 heteroatoms. The second-order valence-electron chi connectivity index (χ2n) is 5.25. The summed E-state index contributed by atoms with van der Waals surface area (Å²) < 4.78 is 0. The molecule has 0 saturated carbocycles. The lowest BCUT2D eigenvalue weighted by Crippen LogP contribution is -2.46. The summed E-state index contributed by atoms with van der Waals surface area (Å²) in [5, 5.41) is 1.52. The van der Waals surface area contributed by atoms with E-state index in [-0.39, 0.29) is 12.1 Å². The Morgan fingerprint density at radius 1 is 1.53 bits per heavy atom. The van der Waals surface area contributed by atoms with Crippen LogP contribution in [-0.4, -0.2) is 35.0 Å². The fourth-order valence-corrected chi connectivity index (χ4v) is 4.18. The molecular weight excluding hydrogens is 276 g/mol. The van der Waals surface area contributed by atoms with Gasteiger partial charge in [-0.15, -0.1) is 0 Å². The predicted molar refractivity (Wildman–Crippen MR) is 86.0 cm³/mol. The Kier molecular flexibility index (Phi) is 5.58. The van der Waals surface area contributed by atoms with Gasteiger partial charge in [0.25, 0.3) is 0 Å². The summed E-state index contributed by atoms with van der Waals surface area (Å²) in [5.41, 5.74) is 7.48. The number of nitrogens with zero attached hydrogens (tertiary/aromatic N) is 1. The van der Waals surface area contributed by atoms with Crippen LogP contribution in [0.25, 0.3) is 0 Å². The van der Waals surface area contributed by atoms with Crippen LogP contribution in [-0.2, 0) is 0 Å². The lowest BCUT2D eigenvalue weighted by molar-refractivity contribution is 0.181. The van der Waals surface area contributed by atoms with Crippen LogP contribution < -0.4 is 5.73 Å². The van der Waals surface area contributed by atoms with E-state index in [0.29, 0.717) is 0 Å². The summed E-state index contributed by atoms with van der Waals surface area (Å²) in [6, 6.07) is 8.52. The molecule has 1 aliphatic rings. The first-order valence-corrected chi connectivity index (χ1v) is 8.41. The maximum Gasteiger partial charge on any atom is 0.0497 e. The largest absolute Gasteiger partial charge is 0.326 e. The van der Waals surface area contributed by atoms with Crippen LogP contribution >= 0.6 is 23.4 Å². The van der Waals surface area contributed by atoms with Crippen LogP contribution in [0.5, 0.6) is 0 Å². The van der Waals surface area contributed by atoms with Gasteiger partial charge in [0.1, 0.15) is 0 Å². The van der Waals surface area contributed by atoms with E-state index >= 15 is 0 Å². The SMILES string of the molecule is CCC1CN(C(c2cccc(Cl)c2)C(C)N)CCS1. The van der Waals surface area contributed by atoms with Crippen LogP contribution in [0.2, 0.25) is 5.02 Å². The summed E-state index contributed by atoms with van der Waals surface area (Å²) in [7, 11) is 0. The van der Waals surface area contributed by atoms with Gasteiger partial charge in [0.2, 0.25) is 0 Å². The molecular formula is C15H23ClN2S. The zero-order valence-corrected chi connectivity index (χ0v) is 13.3. The number of hydrogen-bond donors (Lipinski definition) is 1.